The standard InChI is InChI=1S/C26H23N7O2/c1-17-6-8-20(33-16-23(31-32-33)18-7-9-24(34-2)25(13-18)35-3)14-22(17)30-26-28-12-10-21(29-26)19-5-4-11-27-15-19/h4-16H,1-3H3,(H,28,29,30). The van der Waals surface area contributed by atoms with E-state index in [-0.39, 0.29) is 0 Å². The Balaban J connectivity index is 1.42. The largest absolute Gasteiger partial charge is 0.493 e. The first-order valence-electron chi connectivity index (χ1n) is 10.9. The summed E-state index contributed by atoms with van der Waals surface area (Å²) in [5, 5.41) is 12.0. The SMILES string of the molecule is COc1ccc(-c2cn(-c3ccc(C)c(Nc4nccc(-c5cccnc5)n4)c3)nn2)cc1OC. The summed E-state index contributed by atoms with van der Waals surface area (Å²) in [5.74, 6) is 1.79. The fraction of sp³-hybridized carbons (Fsp3) is 0.115. The van der Waals surface area contributed by atoms with Crippen LogP contribution in [0.4, 0.5) is 11.6 Å². The third-order valence-electron chi connectivity index (χ3n) is 5.52. The van der Waals surface area contributed by atoms with E-state index in [4.69, 9.17) is 9.47 Å². The maximum absolute atomic E-state index is 5.41. The lowest BCUT2D eigenvalue weighted by Gasteiger charge is -2.11. The van der Waals surface area contributed by atoms with Crippen molar-refractivity contribution in [1.82, 2.24) is 29.9 Å². The molecule has 2 aromatic carbocycles. The Hall–Kier alpha value is -4.79. The highest BCUT2D eigenvalue weighted by Gasteiger charge is 2.11. The summed E-state index contributed by atoms with van der Waals surface area (Å²) in [6.45, 7) is 2.02. The smallest absolute Gasteiger partial charge is 0.227 e. The van der Waals surface area contributed by atoms with Crippen molar-refractivity contribution in [2.75, 3.05) is 19.5 Å². The van der Waals surface area contributed by atoms with Gasteiger partial charge in [0.15, 0.2) is 11.5 Å². The first kappa shape index (κ1) is 22.0. The molecule has 3 heterocycles. The summed E-state index contributed by atoms with van der Waals surface area (Å²) in [6, 6.07) is 17.3. The fourth-order valence-corrected chi connectivity index (χ4v) is 3.62. The highest BCUT2D eigenvalue weighted by atomic mass is 16.5. The Bertz CT molecular complexity index is 1470. The molecule has 0 saturated heterocycles. The van der Waals surface area contributed by atoms with Crippen molar-refractivity contribution >= 4 is 11.6 Å². The van der Waals surface area contributed by atoms with E-state index in [9.17, 15) is 0 Å². The molecule has 1 N–H and O–H groups in total. The number of ether oxygens (including phenoxy) is 2. The number of rotatable bonds is 7. The van der Waals surface area contributed by atoms with E-state index in [0.717, 1.165) is 33.8 Å². The molecule has 0 spiro atoms. The van der Waals surface area contributed by atoms with Crippen molar-refractivity contribution in [3.63, 3.8) is 0 Å². The van der Waals surface area contributed by atoms with Crippen LogP contribution in [-0.4, -0.2) is 44.2 Å². The van der Waals surface area contributed by atoms with Gasteiger partial charge >= 0.3 is 0 Å². The molecule has 0 amide bonds. The summed E-state index contributed by atoms with van der Waals surface area (Å²) >= 11 is 0. The van der Waals surface area contributed by atoms with E-state index in [2.05, 4.69) is 30.6 Å². The van der Waals surface area contributed by atoms with Gasteiger partial charge in [-0.15, -0.1) is 5.10 Å². The zero-order chi connectivity index (χ0) is 24.2. The topological polar surface area (TPSA) is 99.9 Å². The zero-order valence-electron chi connectivity index (χ0n) is 19.5. The maximum atomic E-state index is 5.41. The van der Waals surface area contributed by atoms with Crippen molar-refractivity contribution in [3.8, 4) is 39.7 Å². The number of anilines is 2. The second-order valence-corrected chi connectivity index (χ2v) is 7.75. The molecule has 174 valence electrons. The molecule has 0 bridgehead atoms. The van der Waals surface area contributed by atoms with Gasteiger partial charge in [-0.3, -0.25) is 4.98 Å². The van der Waals surface area contributed by atoms with Gasteiger partial charge in [0.2, 0.25) is 5.95 Å². The lowest BCUT2D eigenvalue weighted by atomic mass is 10.1. The predicted molar refractivity (Wildman–Crippen MR) is 133 cm³/mol. The van der Waals surface area contributed by atoms with Gasteiger partial charge in [-0.25, -0.2) is 14.6 Å². The second-order valence-electron chi connectivity index (χ2n) is 7.75. The molecule has 0 radical (unpaired) electrons. The molecule has 3 aromatic heterocycles. The van der Waals surface area contributed by atoms with Crippen LogP contribution in [0.25, 0.3) is 28.2 Å². The van der Waals surface area contributed by atoms with E-state index < -0.39 is 0 Å². The number of nitrogens with zero attached hydrogens (tertiary/aromatic N) is 6. The normalized spacial score (nSPS) is 10.7. The van der Waals surface area contributed by atoms with Crippen LogP contribution in [0.2, 0.25) is 0 Å². The number of hydrogen-bond acceptors (Lipinski definition) is 8. The van der Waals surface area contributed by atoms with Crippen molar-refractivity contribution in [3.05, 3.63) is 84.9 Å². The van der Waals surface area contributed by atoms with Crippen molar-refractivity contribution in [2.45, 2.75) is 6.92 Å². The van der Waals surface area contributed by atoms with E-state index in [0.29, 0.717) is 23.1 Å². The lowest BCUT2D eigenvalue weighted by Crippen LogP contribution is -2.02. The van der Waals surface area contributed by atoms with Crippen molar-refractivity contribution in [1.29, 1.82) is 0 Å². The summed E-state index contributed by atoms with van der Waals surface area (Å²) in [7, 11) is 3.21. The minimum Gasteiger partial charge on any atom is -0.493 e. The molecule has 0 fully saturated rings. The summed E-state index contributed by atoms with van der Waals surface area (Å²) in [4.78, 5) is 13.2. The number of pyridine rings is 1. The van der Waals surface area contributed by atoms with Crippen LogP contribution in [0.1, 0.15) is 5.56 Å². The quantitative estimate of drug-likeness (QED) is 0.364. The number of aryl methyl sites for hydroxylation is 1. The molecule has 0 atom stereocenters. The monoisotopic (exact) mass is 465 g/mol. The molecule has 9 nitrogen and oxygen atoms in total. The van der Waals surface area contributed by atoms with E-state index >= 15 is 0 Å². The number of benzene rings is 2. The average Bonchev–Trinajstić information content (AvgIpc) is 3.40. The Labute approximate surface area is 202 Å². The Morgan fingerprint density at radius 3 is 2.54 bits per heavy atom. The molecule has 5 aromatic rings. The van der Waals surface area contributed by atoms with Gasteiger partial charge in [-0.05, 0) is 61.0 Å². The summed E-state index contributed by atoms with van der Waals surface area (Å²) in [5.41, 5.74) is 6.07. The molecule has 0 aliphatic carbocycles. The molecule has 0 unspecified atom stereocenters. The number of aromatic nitrogens is 6. The van der Waals surface area contributed by atoms with Gasteiger partial charge in [0.1, 0.15) is 5.69 Å². The van der Waals surface area contributed by atoms with Crippen LogP contribution in [-0.2, 0) is 0 Å². The van der Waals surface area contributed by atoms with Gasteiger partial charge < -0.3 is 14.8 Å². The van der Waals surface area contributed by atoms with Gasteiger partial charge in [0.25, 0.3) is 0 Å². The fourth-order valence-electron chi connectivity index (χ4n) is 3.62. The molecular formula is C26H23N7O2. The van der Waals surface area contributed by atoms with Gasteiger partial charge in [0, 0.05) is 35.4 Å². The van der Waals surface area contributed by atoms with Gasteiger partial charge in [-0.1, -0.05) is 11.3 Å². The molecule has 0 saturated carbocycles. The van der Waals surface area contributed by atoms with Crippen LogP contribution in [0.15, 0.2) is 79.4 Å². The third kappa shape index (κ3) is 4.65. The third-order valence-corrected chi connectivity index (χ3v) is 5.52. The number of nitrogens with one attached hydrogen (secondary N) is 1. The van der Waals surface area contributed by atoms with Crippen LogP contribution in [0.5, 0.6) is 11.5 Å². The molecule has 0 aliphatic heterocycles. The second kappa shape index (κ2) is 9.60. The van der Waals surface area contributed by atoms with E-state index in [1.807, 2.05) is 67.7 Å². The Morgan fingerprint density at radius 1 is 0.857 bits per heavy atom. The first-order valence-corrected chi connectivity index (χ1v) is 10.9. The number of methoxy groups -OCH3 is 2. The Morgan fingerprint density at radius 2 is 1.74 bits per heavy atom. The zero-order valence-corrected chi connectivity index (χ0v) is 19.5. The van der Waals surface area contributed by atoms with Crippen molar-refractivity contribution in [2.24, 2.45) is 0 Å². The van der Waals surface area contributed by atoms with Crippen LogP contribution in [0, 0.1) is 6.92 Å². The highest BCUT2D eigenvalue weighted by molar-refractivity contribution is 5.66. The highest BCUT2D eigenvalue weighted by Crippen LogP contribution is 2.32. The molecule has 9 heteroatoms. The molecule has 5 rings (SSSR count). The maximum Gasteiger partial charge on any atom is 0.227 e. The van der Waals surface area contributed by atoms with E-state index in [1.165, 1.54) is 0 Å². The summed E-state index contributed by atoms with van der Waals surface area (Å²) in [6.07, 6.45) is 7.11. The Kier molecular flexibility index (Phi) is 6.04. The average molecular weight is 466 g/mol. The molecular weight excluding hydrogens is 442 g/mol. The van der Waals surface area contributed by atoms with Crippen LogP contribution < -0.4 is 14.8 Å². The van der Waals surface area contributed by atoms with Crippen molar-refractivity contribution < 1.29 is 9.47 Å². The van der Waals surface area contributed by atoms with Crippen LogP contribution >= 0.6 is 0 Å². The van der Waals surface area contributed by atoms with Gasteiger partial charge in [-0.2, -0.15) is 0 Å². The predicted octanol–water partition coefficient (Wildman–Crippen LogP) is 4.86. The molecule has 0 aliphatic rings. The van der Waals surface area contributed by atoms with Crippen LogP contribution in [0.3, 0.4) is 0 Å². The minimum atomic E-state index is 0.496. The first-order chi connectivity index (χ1) is 17.1. The minimum absolute atomic E-state index is 0.496. The van der Waals surface area contributed by atoms with E-state index in [1.54, 1.807) is 37.5 Å². The number of hydrogen-bond donors (Lipinski definition) is 1. The molecule has 35 heavy (non-hydrogen) atoms. The van der Waals surface area contributed by atoms with Gasteiger partial charge in [0.05, 0.1) is 31.8 Å². The summed E-state index contributed by atoms with van der Waals surface area (Å²) < 4.78 is 12.5. The lowest BCUT2D eigenvalue weighted by molar-refractivity contribution is 0.355.